The van der Waals surface area contributed by atoms with E-state index in [1.165, 1.54) is 32.2 Å². The highest BCUT2D eigenvalue weighted by Crippen LogP contribution is 2.52. The van der Waals surface area contributed by atoms with Crippen LogP contribution in [-0.4, -0.2) is 100 Å². The molecule has 2 saturated heterocycles. The molecule has 264 valence electrons. The number of aliphatic hydroxyl groups is 2. The molecule has 1 amide bonds. The van der Waals surface area contributed by atoms with Crippen LogP contribution in [0.5, 0.6) is 17.2 Å². The van der Waals surface area contributed by atoms with Crippen molar-refractivity contribution < 1.29 is 58.5 Å². The maximum atomic E-state index is 14.0. The molecule has 0 unspecified atom stereocenters. The lowest BCUT2D eigenvalue weighted by atomic mass is 9.71. The molecule has 2 fully saturated rings. The highest BCUT2D eigenvalue weighted by atomic mass is 16.7. The Kier molecular flexibility index (Phi) is 9.79. The predicted octanol–water partition coefficient (Wildman–Crippen LogP) is 1.48. The molecule has 0 radical (unpaired) electrons. The second-order valence-electron chi connectivity index (χ2n) is 12.9. The Morgan fingerprint density at radius 3 is 2.51 bits per heavy atom. The summed E-state index contributed by atoms with van der Waals surface area (Å²) in [5.41, 5.74) is 5.23. The lowest BCUT2D eigenvalue weighted by Gasteiger charge is -2.44. The Bertz CT molecular complexity index is 1680. The van der Waals surface area contributed by atoms with Crippen LogP contribution in [0, 0.1) is 0 Å². The van der Waals surface area contributed by atoms with E-state index in [4.69, 9.17) is 29.4 Å². The summed E-state index contributed by atoms with van der Waals surface area (Å²) in [4.78, 5) is 39.4. The zero-order chi connectivity index (χ0) is 35.2. The number of hydrogen-bond acceptors (Lipinski definition) is 14. The van der Waals surface area contributed by atoms with E-state index < -0.39 is 95.7 Å². The zero-order valence-corrected chi connectivity index (χ0v) is 27.4. The van der Waals surface area contributed by atoms with Crippen LogP contribution in [0.15, 0.2) is 23.3 Å². The molecular formula is C34H41N3O12. The minimum atomic E-state index is -2.07. The number of hydrazone groups is 1. The first-order valence-electron chi connectivity index (χ1n) is 16.3. The van der Waals surface area contributed by atoms with Crippen molar-refractivity contribution >= 4 is 23.2 Å². The molecule has 2 heterocycles. The number of amides is 1. The number of carbonyl (C=O) groups excluding carboxylic acids is 3. The Morgan fingerprint density at radius 2 is 1.86 bits per heavy atom. The first kappa shape index (κ1) is 34.9. The number of aliphatic hydroxyl groups excluding tert-OH is 1. The lowest BCUT2D eigenvalue weighted by Crippen LogP contribution is -2.55. The van der Waals surface area contributed by atoms with Crippen LogP contribution in [0.3, 0.4) is 0 Å². The third kappa shape index (κ3) is 6.31. The zero-order valence-electron chi connectivity index (χ0n) is 27.4. The molecule has 7 atom stereocenters. The number of rotatable bonds is 8. The Labute approximate surface area is 281 Å². The fourth-order valence-electron chi connectivity index (χ4n) is 7.24. The van der Waals surface area contributed by atoms with E-state index in [-0.39, 0.29) is 46.6 Å². The van der Waals surface area contributed by atoms with E-state index >= 15 is 0 Å². The normalized spacial score (nSPS) is 29.9. The number of aromatic hydroxyl groups is 2. The van der Waals surface area contributed by atoms with Gasteiger partial charge in [0.15, 0.2) is 18.4 Å². The van der Waals surface area contributed by atoms with Gasteiger partial charge in [-0.2, -0.15) is 5.10 Å². The van der Waals surface area contributed by atoms with Crippen LogP contribution in [0.25, 0.3) is 0 Å². The maximum Gasteiger partial charge on any atom is 0.236 e. The molecule has 2 aromatic rings. The number of nitrogens with zero attached hydrogens (tertiary/aromatic N) is 1. The number of nitrogens with one attached hydrogen (secondary N) is 1. The third-order valence-electron chi connectivity index (χ3n) is 9.59. The summed E-state index contributed by atoms with van der Waals surface area (Å²) < 4.78 is 29.8. The summed E-state index contributed by atoms with van der Waals surface area (Å²) in [5.74, 6) is -3.25. The lowest BCUT2D eigenvalue weighted by molar-refractivity contribution is -0.280. The number of ether oxygens (including phenoxy) is 5. The van der Waals surface area contributed by atoms with Gasteiger partial charge in [-0.05, 0) is 32.3 Å². The maximum absolute atomic E-state index is 14.0. The first-order valence-corrected chi connectivity index (χ1v) is 16.3. The highest BCUT2D eigenvalue weighted by molar-refractivity contribution is 6.31. The van der Waals surface area contributed by atoms with Gasteiger partial charge in [0.25, 0.3) is 0 Å². The molecule has 49 heavy (non-hydrogen) atoms. The fourth-order valence-corrected chi connectivity index (χ4v) is 7.24. The molecule has 15 nitrogen and oxygen atoms in total. The van der Waals surface area contributed by atoms with Gasteiger partial charge in [0.05, 0.1) is 48.3 Å². The molecule has 7 N–H and O–H groups in total. The smallest absolute Gasteiger partial charge is 0.236 e. The van der Waals surface area contributed by atoms with E-state index in [9.17, 15) is 34.8 Å². The van der Waals surface area contributed by atoms with Crippen molar-refractivity contribution in [3.8, 4) is 17.2 Å². The summed E-state index contributed by atoms with van der Waals surface area (Å²) in [7, 11) is 1.34. The van der Waals surface area contributed by atoms with Crippen LogP contribution in [0.2, 0.25) is 0 Å². The average Bonchev–Trinajstić information content (AvgIpc) is 3.06. The summed E-state index contributed by atoms with van der Waals surface area (Å²) in [6.45, 7) is 2.75. The van der Waals surface area contributed by atoms with E-state index in [2.05, 4.69) is 10.5 Å². The van der Waals surface area contributed by atoms with Crippen molar-refractivity contribution in [2.24, 2.45) is 10.8 Å². The number of nitrogens with two attached hydrogens (primary N) is 1. The van der Waals surface area contributed by atoms with E-state index in [1.54, 1.807) is 6.92 Å². The van der Waals surface area contributed by atoms with Gasteiger partial charge in [0.1, 0.15) is 29.0 Å². The van der Waals surface area contributed by atoms with Crippen molar-refractivity contribution in [3.05, 3.63) is 51.6 Å². The van der Waals surface area contributed by atoms with E-state index in [1.807, 2.05) is 0 Å². The van der Waals surface area contributed by atoms with Gasteiger partial charge in [-0.3, -0.25) is 14.4 Å². The number of phenols is 2. The quantitative estimate of drug-likeness (QED) is 0.112. The molecule has 0 spiro atoms. The van der Waals surface area contributed by atoms with Gasteiger partial charge in [-0.25, -0.2) is 5.43 Å². The minimum Gasteiger partial charge on any atom is -0.507 e. The van der Waals surface area contributed by atoms with Gasteiger partial charge in [0.2, 0.25) is 11.7 Å². The van der Waals surface area contributed by atoms with Crippen LogP contribution in [0.1, 0.15) is 95.0 Å². The molecule has 0 aromatic heterocycles. The summed E-state index contributed by atoms with van der Waals surface area (Å²) in [6, 6.07) is 3.87. The number of benzene rings is 2. The average molecular weight is 684 g/mol. The monoisotopic (exact) mass is 683 g/mol. The molecule has 2 aromatic carbocycles. The summed E-state index contributed by atoms with van der Waals surface area (Å²) >= 11 is 0. The topological polar surface area (TPSA) is 229 Å². The molecule has 15 heteroatoms. The van der Waals surface area contributed by atoms with Crippen LogP contribution >= 0.6 is 0 Å². The molecule has 0 saturated carbocycles. The highest BCUT2D eigenvalue weighted by Gasteiger charge is 2.50. The first-order chi connectivity index (χ1) is 23.4. The Morgan fingerprint density at radius 1 is 1.10 bits per heavy atom. The number of carbonyl (C=O) groups is 3. The van der Waals surface area contributed by atoms with Gasteiger partial charge >= 0.3 is 0 Å². The van der Waals surface area contributed by atoms with Crippen molar-refractivity contribution in [1.82, 2.24) is 5.43 Å². The number of phenolic OH excluding ortho intramolecular Hbond substituents is 2. The van der Waals surface area contributed by atoms with Crippen LogP contribution in [-0.2, 0) is 30.2 Å². The molecule has 6 rings (SSSR count). The third-order valence-corrected chi connectivity index (χ3v) is 9.59. The SMILES string of the molecule is COc1cccc2c1C(=O)c1c(O)c3c(c(O)c1C2=O)C[C@@](O)(/C(CO)=N\NC(C)=O)C[C@@H]3O[C@H]1C[C@H](N)[C@H](O[C@@H]2CCCCO2)[C@H](C)O1. The molecule has 4 aliphatic rings. The van der Waals surface area contributed by atoms with Crippen LogP contribution < -0.4 is 15.9 Å². The van der Waals surface area contributed by atoms with Gasteiger partial charge in [-0.15, -0.1) is 0 Å². The van der Waals surface area contributed by atoms with Crippen molar-refractivity contribution in [3.63, 3.8) is 0 Å². The number of methoxy groups -OCH3 is 1. The number of hydrogen-bond donors (Lipinski definition) is 6. The summed E-state index contributed by atoms with van der Waals surface area (Å²) in [5, 5.41) is 49.7. The second kappa shape index (κ2) is 13.7. The Balaban J connectivity index is 1.41. The Hall–Kier alpha value is -3.96. The van der Waals surface area contributed by atoms with Gasteiger partial charge in [-0.1, -0.05) is 12.1 Å². The van der Waals surface area contributed by atoms with Crippen molar-refractivity contribution in [2.75, 3.05) is 20.3 Å². The largest absolute Gasteiger partial charge is 0.507 e. The minimum absolute atomic E-state index is 0.0392. The van der Waals surface area contributed by atoms with Crippen molar-refractivity contribution in [1.29, 1.82) is 0 Å². The summed E-state index contributed by atoms with van der Waals surface area (Å²) in [6.07, 6.45) is -1.89. The molecule has 0 bridgehead atoms. The van der Waals surface area contributed by atoms with E-state index in [0.717, 1.165) is 19.3 Å². The fraction of sp³-hybridized carbons (Fsp3) is 0.529. The standard InChI is InChI=1S/C34H41N3O12/c1-15-33(49-23-9-4-5-10-46-23)19(35)11-24(47-15)48-21-13-34(44,22(14-38)37-36-16(2)39)12-18-26(21)32(43)28-27(30(18)41)29(40)17-7-6-8-20(45-3)25(17)31(28)42/h6-8,15,19,21,23-24,33,38,41,43-44H,4-5,9-14,35H2,1-3H3,(H,36,39)/b37-22-/t15-,19-,21-,23+,24-,33+,34-/m0/s1. The number of ketones is 2. The van der Waals surface area contributed by atoms with Crippen molar-refractivity contribution in [2.45, 2.75) is 94.9 Å². The molecule has 2 aliphatic carbocycles. The van der Waals surface area contributed by atoms with Gasteiger partial charge < -0.3 is 49.8 Å². The molecular weight excluding hydrogens is 642 g/mol. The van der Waals surface area contributed by atoms with Gasteiger partial charge in [0, 0.05) is 55.5 Å². The van der Waals surface area contributed by atoms with Crippen LogP contribution in [0.4, 0.5) is 0 Å². The number of fused-ring (bicyclic) bond motifs is 3. The van der Waals surface area contributed by atoms with E-state index in [0.29, 0.717) is 6.61 Å². The molecule has 2 aliphatic heterocycles. The predicted molar refractivity (Wildman–Crippen MR) is 170 cm³/mol. The second-order valence-corrected chi connectivity index (χ2v) is 12.9.